The minimum atomic E-state index is -1.05. The summed E-state index contributed by atoms with van der Waals surface area (Å²) < 4.78 is 19.6. The molecule has 1 aliphatic heterocycles. The van der Waals surface area contributed by atoms with Gasteiger partial charge in [-0.2, -0.15) is 0 Å². The number of pyridine rings is 1. The Labute approximate surface area is 185 Å². The number of ether oxygens (including phenoxy) is 1. The number of halogens is 1. The standard InChI is InChI=1S/C22H13FN4O6/c23-17-3-1-2-4-18(17)26-21(29)16(20(28)25-22(26)30)11-13-5-8-15(9-6-13)33-19-10-7-14(12-24-19)27(31)32/h1-12H,(H,25,28,30). The number of aromatic nitrogens is 1. The van der Waals surface area contributed by atoms with E-state index in [0.29, 0.717) is 16.2 Å². The van der Waals surface area contributed by atoms with Crippen molar-refractivity contribution in [1.29, 1.82) is 0 Å². The van der Waals surface area contributed by atoms with Gasteiger partial charge in [0.15, 0.2) is 0 Å². The molecule has 0 atom stereocenters. The number of anilines is 1. The Morgan fingerprint density at radius 3 is 2.39 bits per heavy atom. The van der Waals surface area contributed by atoms with Crippen LogP contribution in [0.4, 0.5) is 20.6 Å². The molecule has 1 N–H and O–H groups in total. The third kappa shape index (κ3) is 4.42. The fourth-order valence-electron chi connectivity index (χ4n) is 2.97. The molecule has 2 aromatic carbocycles. The molecular formula is C22H13FN4O6. The zero-order chi connectivity index (χ0) is 23.5. The van der Waals surface area contributed by atoms with E-state index in [9.17, 15) is 28.9 Å². The molecule has 0 spiro atoms. The Morgan fingerprint density at radius 1 is 1.03 bits per heavy atom. The van der Waals surface area contributed by atoms with E-state index >= 15 is 0 Å². The number of carbonyl (C=O) groups is 3. The van der Waals surface area contributed by atoms with Gasteiger partial charge in [-0.05, 0) is 35.9 Å². The zero-order valence-electron chi connectivity index (χ0n) is 16.6. The highest BCUT2D eigenvalue weighted by Gasteiger charge is 2.37. The maximum atomic E-state index is 14.1. The monoisotopic (exact) mass is 448 g/mol. The van der Waals surface area contributed by atoms with Crippen LogP contribution in [0.15, 0.2) is 72.4 Å². The normalized spacial score (nSPS) is 14.9. The maximum absolute atomic E-state index is 14.1. The minimum absolute atomic E-state index is 0.132. The van der Waals surface area contributed by atoms with E-state index in [1.165, 1.54) is 60.7 Å². The zero-order valence-corrected chi connectivity index (χ0v) is 16.6. The van der Waals surface area contributed by atoms with Gasteiger partial charge in [0.25, 0.3) is 17.5 Å². The number of nitro groups is 1. The molecule has 0 unspecified atom stereocenters. The largest absolute Gasteiger partial charge is 0.439 e. The van der Waals surface area contributed by atoms with Crippen LogP contribution in [0.3, 0.4) is 0 Å². The van der Waals surface area contributed by atoms with Crippen LogP contribution in [0, 0.1) is 15.9 Å². The number of barbiturate groups is 1. The average molecular weight is 448 g/mol. The number of para-hydroxylation sites is 1. The van der Waals surface area contributed by atoms with Crippen molar-refractivity contribution in [2.24, 2.45) is 0 Å². The van der Waals surface area contributed by atoms with E-state index in [4.69, 9.17) is 4.74 Å². The second-order valence-electron chi connectivity index (χ2n) is 6.69. The molecule has 0 bridgehead atoms. The lowest BCUT2D eigenvalue weighted by Crippen LogP contribution is -2.54. The topological polar surface area (TPSA) is 132 Å². The first-order valence-electron chi connectivity index (χ1n) is 9.38. The van der Waals surface area contributed by atoms with Gasteiger partial charge in [-0.3, -0.25) is 25.0 Å². The fourth-order valence-corrected chi connectivity index (χ4v) is 2.97. The average Bonchev–Trinajstić information content (AvgIpc) is 2.79. The van der Waals surface area contributed by atoms with Crippen LogP contribution in [0.2, 0.25) is 0 Å². The summed E-state index contributed by atoms with van der Waals surface area (Å²) in [5, 5.41) is 12.7. The quantitative estimate of drug-likeness (QED) is 0.273. The molecule has 1 aromatic heterocycles. The van der Waals surface area contributed by atoms with Gasteiger partial charge in [-0.15, -0.1) is 0 Å². The minimum Gasteiger partial charge on any atom is -0.439 e. The first-order chi connectivity index (χ1) is 15.8. The molecule has 4 amide bonds. The second-order valence-corrected chi connectivity index (χ2v) is 6.69. The molecule has 0 saturated carbocycles. The number of hydrogen-bond donors (Lipinski definition) is 1. The SMILES string of the molecule is O=C1NC(=O)N(c2ccccc2F)C(=O)C1=Cc1ccc(Oc2ccc([N+](=O)[O-])cn2)cc1. The third-order valence-electron chi connectivity index (χ3n) is 4.54. The van der Waals surface area contributed by atoms with Gasteiger partial charge in [0.2, 0.25) is 5.88 Å². The van der Waals surface area contributed by atoms with E-state index < -0.39 is 28.6 Å². The molecule has 2 heterocycles. The lowest BCUT2D eigenvalue weighted by Gasteiger charge is -2.26. The predicted octanol–water partition coefficient (Wildman–Crippen LogP) is 3.59. The third-order valence-corrected chi connectivity index (χ3v) is 4.54. The molecule has 1 saturated heterocycles. The van der Waals surface area contributed by atoms with Crippen molar-refractivity contribution in [2.45, 2.75) is 0 Å². The summed E-state index contributed by atoms with van der Waals surface area (Å²) in [4.78, 5) is 51.7. The molecule has 11 heteroatoms. The number of hydrogen-bond acceptors (Lipinski definition) is 7. The first-order valence-corrected chi connectivity index (χ1v) is 9.38. The number of benzene rings is 2. The summed E-state index contributed by atoms with van der Waals surface area (Å²) in [6, 6.07) is 12.9. The summed E-state index contributed by atoms with van der Waals surface area (Å²) in [5.74, 6) is -2.19. The smallest absolute Gasteiger partial charge is 0.336 e. The number of nitrogens with zero attached hydrogens (tertiary/aromatic N) is 3. The molecule has 1 fully saturated rings. The van der Waals surface area contributed by atoms with Crippen molar-refractivity contribution in [3.05, 3.63) is 93.9 Å². The van der Waals surface area contributed by atoms with Gasteiger partial charge in [-0.1, -0.05) is 24.3 Å². The van der Waals surface area contributed by atoms with Gasteiger partial charge in [0.1, 0.15) is 23.3 Å². The molecule has 0 radical (unpaired) electrons. The molecule has 33 heavy (non-hydrogen) atoms. The van der Waals surface area contributed by atoms with Gasteiger partial charge < -0.3 is 4.74 Å². The number of nitrogens with one attached hydrogen (secondary N) is 1. The van der Waals surface area contributed by atoms with Crippen LogP contribution in [-0.2, 0) is 9.59 Å². The molecule has 0 aliphatic carbocycles. The van der Waals surface area contributed by atoms with Crippen LogP contribution in [0.5, 0.6) is 11.6 Å². The molecule has 10 nitrogen and oxygen atoms in total. The summed E-state index contributed by atoms with van der Waals surface area (Å²) in [7, 11) is 0. The van der Waals surface area contributed by atoms with Gasteiger partial charge in [0.05, 0.1) is 10.6 Å². The van der Waals surface area contributed by atoms with Crippen molar-refractivity contribution >= 4 is 35.3 Å². The Bertz CT molecular complexity index is 1310. The maximum Gasteiger partial charge on any atom is 0.336 e. The highest BCUT2D eigenvalue weighted by atomic mass is 19.1. The number of rotatable bonds is 5. The Morgan fingerprint density at radius 2 is 1.76 bits per heavy atom. The number of urea groups is 1. The van der Waals surface area contributed by atoms with Crippen LogP contribution in [-0.4, -0.2) is 27.8 Å². The summed E-state index contributed by atoms with van der Waals surface area (Å²) in [5.41, 5.74) is -0.385. The summed E-state index contributed by atoms with van der Waals surface area (Å²) in [6.07, 6.45) is 2.32. The van der Waals surface area contributed by atoms with Crippen LogP contribution < -0.4 is 15.0 Å². The van der Waals surface area contributed by atoms with Crippen molar-refractivity contribution < 1.29 is 28.4 Å². The number of carbonyl (C=O) groups excluding carboxylic acids is 3. The van der Waals surface area contributed by atoms with E-state index in [-0.39, 0.29) is 22.8 Å². The Hall–Kier alpha value is -4.93. The van der Waals surface area contributed by atoms with E-state index in [2.05, 4.69) is 4.98 Å². The molecular weight excluding hydrogens is 435 g/mol. The first kappa shape index (κ1) is 21.3. The molecule has 4 rings (SSSR count). The Balaban J connectivity index is 1.55. The lowest BCUT2D eigenvalue weighted by molar-refractivity contribution is -0.385. The van der Waals surface area contributed by atoms with E-state index in [1.54, 1.807) is 0 Å². The van der Waals surface area contributed by atoms with E-state index in [0.717, 1.165) is 12.3 Å². The molecule has 3 aromatic rings. The second kappa shape index (κ2) is 8.67. The van der Waals surface area contributed by atoms with Crippen molar-refractivity contribution in [3.63, 3.8) is 0 Å². The van der Waals surface area contributed by atoms with Crippen LogP contribution in [0.1, 0.15) is 5.56 Å². The van der Waals surface area contributed by atoms with Gasteiger partial charge in [0, 0.05) is 12.1 Å². The highest BCUT2D eigenvalue weighted by molar-refractivity contribution is 6.39. The summed E-state index contributed by atoms with van der Waals surface area (Å²) in [6.45, 7) is 0. The van der Waals surface area contributed by atoms with Crippen molar-refractivity contribution in [3.8, 4) is 11.6 Å². The van der Waals surface area contributed by atoms with Gasteiger partial charge >= 0.3 is 6.03 Å². The molecule has 164 valence electrons. The Kier molecular flexibility index (Phi) is 5.60. The predicted molar refractivity (Wildman–Crippen MR) is 113 cm³/mol. The van der Waals surface area contributed by atoms with Crippen LogP contribution >= 0.6 is 0 Å². The lowest BCUT2D eigenvalue weighted by atomic mass is 10.1. The highest BCUT2D eigenvalue weighted by Crippen LogP contribution is 2.26. The summed E-state index contributed by atoms with van der Waals surface area (Å²) >= 11 is 0. The van der Waals surface area contributed by atoms with Crippen molar-refractivity contribution in [1.82, 2.24) is 10.3 Å². The fraction of sp³-hybridized carbons (Fsp3) is 0. The van der Waals surface area contributed by atoms with E-state index in [1.807, 2.05) is 5.32 Å². The molecule has 1 aliphatic rings. The van der Waals surface area contributed by atoms with Crippen LogP contribution in [0.25, 0.3) is 6.08 Å². The van der Waals surface area contributed by atoms with Gasteiger partial charge in [-0.25, -0.2) is 19.1 Å². The number of imide groups is 2. The van der Waals surface area contributed by atoms with Crippen molar-refractivity contribution in [2.75, 3.05) is 4.90 Å². The number of amides is 4.